The van der Waals surface area contributed by atoms with E-state index < -0.39 is 0 Å². The largest absolute Gasteiger partial charge is 0.364 e. The van der Waals surface area contributed by atoms with Gasteiger partial charge in [-0.15, -0.1) is 0 Å². The Hall–Kier alpha value is -0.830. The lowest BCUT2D eigenvalue weighted by Gasteiger charge is -2.23. The number of rotatable bonds is 1. The maximum Gasteiger partial charge on any atom is 0.129 e. The van der Waals surface area contributed by atoms with Gasteiger partial charge in [0.15, 0.2) is 0 Å². The quantitative estimate of drug-likeness (QED) is 0.724. The SMILES string of the molecule is CC(C)(C)c1nocc1C(C)(C)N. The Bertz CT molecular complexity index is 260. The second-order valence-electron chi connectivity index (χ2n) is 5.05. The van der Waals surface area contributed by atoms with Gasteiger partial charge in [0.1, 0.15) is 6.26 Å². The highest BCUT2D eigenvalue weighted by molar-refractivity contribution is 5.28. The molecule has 0 unspecified atom stereocenters. The van der Waals surface area contributed by atoms with E-state index in [1.807, 2.05) is 13.8 Å². The highest BCUT2D eigenvalue weighted by Crippen LogP contribution is 2.29. The minimum Gasteiger partial charge on any atom is -0.364 e. The van der Waals surface area contributed by atoms with Gasteiger partial charge in [-0.3, -0.25) is 0 Å². The van der Waals surface area contributed by atoms with Gasteiger partial charge in [0.05, 0.1) is 5.69 Å². The van der Waals surface area contributed by atoms with Gasteiger partial charge in [-0.25, -0.2) is 0 Å². The molecule has 0 amide bonds. The van der Waals surface area contributed by atoms with E-state index in [-0.39, 0.29) is 11.0 Å². The summed E-state index contributed by atoms with van der Waals surface area (Å²) < 4.78 is 4.97. The van der Waals surface area contributed by atoms with Crippen LogP contribution < -0.4 is 5.73 Å². The van der Waals surface area contributed by atoms with E-state index >= 15 is 0 Å². The predicted octanol–water partition coefficient (Wildman–Crippen LogP) is 2.17. The van der Waals surface area contributed by atoms with E-state index in [0.717, 1.165) is 11.3 Å². The first-order valence-corrected chi connectivity index (χ1v) is 4.47. The summed E-state index contributed by atoms with van der Waals surface area (Å²) in [6.07, 6.45) is 1.64. The van der Waals surface area contributed by atoms with Gasteiger partial charge in [0, 0.05) is 16.5 Å². The van der Waals surface area contributed by atoms with Crippen molar-refractivity contribution in [1.29, 1.82) is 0 Å². The minimum atomic E-state index is -0.386. The summed E-state index contributed by atoms with van der Waals surface area (Å²) in [5.41, 5.74) is 7.53. The Kier molecular flexibility index (Phi) is 2.24. The Balaban J connectivity index is 3.19. The molecule has 2 N–H and O–H groups in total. The normalized spacial score (nSPS) is 13.4. The van der Waals surface area contributed by atoms with Crippen LogP contribution in [0.1, 0.15) is 45.9 Å². The molecule has 0 atom stereocenters. The Morgan fingerprint density at radius 1 is 1.23 bits per heavy atom. The molecule has 74 valence electrons. The first-order valence-electron chi connectivity index (χ1n) is 4.47. The average molecular weight is 182 g/mol. The first-order chi connectivity index (χ1) is 5.73. The predicted molar refractivity (Wildman–Crippen MR) is 52.4 cm³/mol. The number of nitrogens with two attached hydrogens (primary N) is 1. The molecule has 3 nitrogen and oxygen atoms in total. The molecule has 0 aliphatic heterocycles. The molecule has 1 aromatic heterocycles. The summed E-state index contributed by atoms with van der Waals surface area (Å²) in [7, 11) is 0. The number of hydrogen-bond acceptors (Lipinski definition) is 3. The molecule has 0 bridgehead atoms. The van der Waals surface area contributed by atoms with E-state index in [9.17, 15) is 0 Å². The maximum absolute atomic E-state index is 6.00. The Morgan fingerprint density at radius 2 is 1.77 bits per heavy atom. The van der Waals surface area contributed by atoms with Gasteiger partial charge < -0.3 is 10.3 Å². The lowest BCUT2D eigenvalue weighted by Crippen LogP contribution is -2.31. The fraction of sp³-hybridized carbons (Fsp3) is 0.700. The first kappa shape index (κ1) is 10.3. The van der Waals surface area contributed by atoms with E-state index in [1.165, 1.54) is 0 Å². The maximum atomic E-state index is 6.00. The summed E-state index contributed by atoms with van der Waals surface area (Å²) in [4.78, 5) is 0. The topological polar surface area (TPSA) is 52.0 Å². The molecule has 1 rings (SSSR count). The molecular weight excluding hydrogens is 164 g/mol. The van der Waals surface area contributed by atoms with Gasteiger partial charge in [0.2, 0.25) is 0 Å². The smallest absolute Gasteiger partial charge is 0.129 e. The van der Waals surface area contributed by atoms with Crippen molar-refractivity contribution in [3.05, 3.63) is 17.5 Å². The minimum absolute atomic E-state index is 0.0149. The third-order valence-electron chi connectivity index (χ3n) is 1.97. The van der Waals surface area contributed by atoms with Crippen molar-refractivity contribution in [3.63, 3.8) is 0 Å². The molecule has 0 fully saturated rings. The average Bonchev–Trinajstić information content (AvgIpc) is 2.27. The zero-order valence-corrected chi connectivity index (χ0v) is 9.01. The molecule has 0 spiro atoms. The van der Waals surface area contributed by atoms with Crippen LogP contribution in [-0.4, -0.2) is 5.16 Å². The van der Waals surface area contributed by atoms with E-state index in [4.69, 9.17) is 10.3 Å². The molecule has 0 saturated heterocycles. The van der Waals surface area contributed by atoms with Crippen LogP contribution in [0.2, 0.25) is 0 Å². The van der Waals surface area contributed by atoms with E-state index in [0.29, 0.717) is 0 Å². The number of nitrogens with zero attached hydrogens (tertiary/aromatic N) is 1. The van der Waals surface area contributed by atoms with Crippen molar-refractivity contribution in [1.82, 2.24) is 5.16 Å². The molecule has 1 aromatic rings. The van der Waals surface area contributed by atoms with Gasteiger partial charge in [-0.2, -0.15) is 0 Å². The molecule has 0 saturated carbocycles. The molecular formula is C10H18N2O. The fourth-order valence-corrected chi connectivity index (χ4v) is 1.23. The monoisotopic (exact) mass is 182 g/mol. The van der Waals surface area contributed by atoms with Crippen LogP contribution >= 0.6 is 0 Å². The third kappa shape index (κ3) is 2.10. The van der Waals surface area contributed by atoms with Crippen LogP contribution in [-0.2, 0) is 11.0 Å². The number of aromatic nitrogens is 1. The zero-order chi connectivity index (χ0) is 10.3. The summed E-state index contributed by atoms with van der Waals surface area (Å²) in [5.74, 6) is 0. The van der Waals surface area contributed by atoms with Crippen molar-refractivity contribution < 1.29 is 4.52 Å². The van der Waals surface area contributed by atoms with Crippen LogP contribution in [0.15, 0.2) is 10.8 Å². The second kappa shape index (κ2) is 2.84. The van der Waals surface area contributed by atoms with Crippen molar-refractivity contribution in [2.75, 3.05) is 0 Å². The lowest BCUT2D eigenvalue weighted by molar-refractivity contribution is 0.392. The summed E-state index contributed by atoms with van der Waals surface area (Å²) in [6.45, 7) is 10.2. The lowest BCUT2D eigenvalue weighted by atomic mass is 9.84. The van der Waals surface area contributed by atoms with Crippen LogP contribution in [0.5, 0.6) is 0 Å². The van der Waals surface area contributed by atoms with E-state index in [1.54, 1.807) is 6.26 Å². The highest BCUT2D eigenvalue weighted by atomic mass is 16.5. The molecule has 0 aliphatic rings. The van der Waals surface area contributed by atoms with Crippen LogP contribution in [0.25, 0.3) is 0 Å². The second-order valence-corrected chi connectivity index (χ2v) is 5.05. The van der Waals surface area contributed by atoms with Gasteiger partial charge in [-0.05, 0) is 13.8 Å². The van der Waals surface area contributed by atoms with Gasteiger partial charge >= 0.3 is 0 Å². The molecule has 0 radical (unpaired) electrons. The van der Waals surface area contributed by atoms with Crippen molar-refractivity contribution in [2.24, 2.45) is 5.73 Å². The Morgan fingerprint density at radius 3 is 2.08 bits per heavy atom. The summed E-state index contributed by atoms with van der Waals surface area (Å²) in [6, 6.07) is 0. The molecule has 0 aliphatic carbocycles. The molecule has 1 heterocycles. The third-order valence-corrected chi connectivity index (χ3v) is 1.97. The van der Waals surface area contributed by atoms with Crippen LogP contribution in [0.4, 0.5) is 0 Å². The number of hydrogen-bond donors (Lipinski definition) is 1. The van der Waals surface area contributed by atoms with Crippen LogP contribution in [0.3, 0.4) is 0 Å². The van der Waals surface area contributed by atoms with E-state index in [2.05, 4.69) is 25.9 Å². The molecule has 0 aromatic carbocycles. The standard InChI is InChI=1S/C10H18N2O/c1-9(2,3)8-7(6-13-12-8)10(4,5)11/h6H,11H2,1-5H3. The zero-order valence-electron chi connectivity index (χ0n) is 9.01. The van der Waals surface area contributed by atoms with Crippen LogP contribution in [0, 0.1) is 0 Å². The Labute approximate surface area is 79.3 Å². The van der Waals surface area contributed by atoms with Crippen molar-refractivity contribution in [2.45, 2.75) is 45.6 Å². The fourth-order valence-electron chi connectivity index (χ4n) is 1.23. The van der Waals surface area contributed by atoms with Crippen molar-refractivity contribution in [3.8, 4) is 0 Å². The van der Waals surface area contributed by atoms with Gasteiger partial charge in [-0.1, -0.05) is 25.9 Å². The summed E-state index contributed by atoms with van der Waals surface area (Å²) in [5, 5.41) is 4.00. The van der Waals surface area contributed by atoms with Gasteiger partial charge in [0.25, 0.3) is 0 Å². The molecule has 13 heavy (non-hydrogen) atoms. The summed E-state index contributed by atoms with van der Waals surface area (Å²) >= 11 is 0. The molecule has 3 heteroatoms. The highest BCUT2D eigenvalue weighted by Gasteiger charge is 2.28. The van der Waals surface area contributed by atoms with Crippen molar-refractivity contribution >= 4 is 0 Å².